The Bertz CT molecular complexity index is 1590. The maximum Gasteiger partial charge on any atom is 0.344 e. The van der Waals surface area contributed by atoms with Crippen molar-refractivity contribution in [1.82, 2.24) is 0 Å². The molecule has 0 amide bonds. The zero-order valence-electron chi connectivity index (χ0n) is 19.5. The van der Waals surface area contributed by atoms with Gasteiger partial charge in [-0.3, -0.25) is 4.79 Å². The molecule has 5 nitrogen and oxygen atoms in total. The van der Waals surface area contributed by atoms with Gasteiger partial charge in [-0.15, -0.1) is 0 Å². The summed E-state index contributed by atoms with van der Waals surface area (Å²) >= 11 is 0. The fraction of sp³-hybridized carbons (Fsp3) is 0.200. The number of hydrogen-bond donors (Lipinski definition) is 1. The van der Waals surface area contributed by atoms with Gasteiger partial charge in [-0.1, -0.05) is 68.4 Å². The zero-order valence-corrected chi connectivity index (χ0v) is 19.5. The first kappa shape index (κ1) is 21.4. The second-order valence-electron chi connectivity index (χ2n) is 10.1. The van der Waals surface area contributed by atoms with Crippen molar-refractivity contribution in [2.75, 3.05) is 0 Å². The van der Waals surface area contributed by atoms with Crippen LogP contribution in [-0.2, 0) is 10.2 Å². The van der Waals surface area contributed by atoms with Crippen molar-refractivity contribution in [3.8, 4) is 11.5 Å². The zero-order chi connectivity index (χ0) is 24.4. The number of phenols is 1. The molecule has 35 heavy (non-hydrogen) atoms. The number of allylic oxidation sites excluding steroid dienone is 2. The highest BCUT2D eigenvalue weighted by Crippen LogP contribution is 2.57. The quantitative estimate of drug-likeness (QED) is 0.376. The fourth-order valence-electron chi connectivity index (χ4n) is 5.74. The molecule has 1 aromatic heterocycles. The van der Waals surface area contributed by atoms with E-state index in [1.165, 1.54) is 0 Å². The molecule has 1 aliphatic carbocycles. The molecule has 0 fully saturated rings. The number of ketones is 1. The first-order valence-corrected chi connectivity index (χ1v) is 11.7. The second kappa shape index (κ2) is 7.44. The number of para-hydroxylation sites is 1. The van der Waals surface area contributed by atoms with Crippen molar-refractivity contribution in [3.05, 3.63) is 117 Å². The number of carbonyl (C=O) groups excluding carboxylic acids is 1. The van der Waals surface area contributed by atoms with Crippen LogP contribution in [0.25, 0.3) is 11.0 Å². The highest BCUT2D eigenvalue weighted by Gasteiger charge is 2.55. The molecule has 1 atom stereocenters. The Morgan fingerprint density at radius 3 is 2.31 bits per heavy atom. The number of aromatic hydroxyl groups is 1. The molecule has 0 bridgehead atoms. The van der Waals surface area contributed by atoms with Gasteiger partial charge in [-0.25, -0.2) is 4.79 Å². The monoisotopic (exact) mass is 464 g/mol. The molecule has 5 heteroatoms. The third-order valence-electron chi connectivity index (χ3n) is 7.06. The molecule has 1 unspecified atom stereocenters. The predicted molar refractivity (Wildman–Crippen MR) is 133 cm³/mol. The maximum absolute atomic E-state index is 13.9. The van der Waals surface area contributed by atoms with Crippen LogP contribution in [0.3, 0.4) is 0 Å². The van der Waals surface area contributed by atoms with Gasteiger partial charge in [0.05, 0.1) is 16.4 Å². The van der Waals surface area contributed by atoms with Gasteiger partial charge >= 0.3 is 5.63 Å². The Morgan fingerprint density at radius 1 is 0.829 bits per heavy atom. The van der Waals surface area contributed by atoms with Crippen LogP contribution < -0.4 is 10.4 Å². The van der Waals surface area contributed by atoms with E-state index >= 15 is 0 Å². The predicted octanol–water partition coefficient (Wildman–Crippen LogP) is 5.87. The van der Waals surface area contributed by atoms with E-state index in [1.807, 2.05) is 62.4 Å². The van der Waals surface area contributed by atoms with Crippen LogP contribution in [0, 0.1) is 5.41 Å². The summed E-state index contributed by atoms with van der Waals surface area (Å²) in [7, 11) is 0. The van der Waals surface area contributed by atoms with E-state index in [1.54, 1.807) is 30.3 Å². The molecule has 0 saturated heterocycles. The number of hydrogen-bond acceptors (Lipinski definition) is 5. The van der Waals surface area contributed by atoms with Crippen LogP contribution in [0.15, 0.2) is 99.4 Å². The SMILES string of the molecule is CC1(C)CC(=O)C2=C(C1)Oc1c(c(=O)oc3ccccc13)C2(c1ccccc1)c1cccc(O)c1. The molecule has 0 radical (unpaired) electrons. The molecule has 6 rings (SSSR count). The van der Waals surface area contributed by atoms with Crippen LogP contribution in [0.5, 0.6) is 11.5 Å². The number of ether oxygens (including phenoxy) is 1. The standard InChI is InChI=1S/C30H24O5/c1-29(2)16-22(32)25-24(17-29)34-27-21-13-6-7-14-23(21)35-28(33)26(27)30(25,18-9-4-3-5-10-18)19-11-8-12-20(31)15-19/h3-15,31H,16-17H2,1-2H3. The van der Waals surface area contributed by atoms with Crippen molar-refractivity contribution in [2.24, 2.45) is 5.41 Å². The van der Waals surface area contributed by atoms with Gasteiger partial charge in [0, 0.05) is 12.8 Å². The Labute approximate surface area is 202 Å². The van der Waals surface area contributed by atoms with Crippen molar-refractivity contribution < 1.29 is 19.1 Å². The molecule has 0 spiro atoms. The van der Waals surface area contributed by atoms with Crippen molar-refractivity contribution in [2.45, 2.75) is 32.1 Å². The summed E-state index contributed by atoms with van der Waals surface area (Å²) in [6, 6.07) is 23.5. The number of carbonyl (C=O) groups is 1. The summed E-state index contributed by atoms with van der Waals surface area (Å²) in [5.74, 6) is 0.915. The Hall–Kier alpha value is -4.12. The molecule has 174 valence electrons. The fourth-order valence-corrected chi connectivity index (χ4v) is 5.74. The molecule has 4 aromatic rings. The summed E-state index contributed by atoms with van der Waals surface area (Å²) in [6.07, 6.45) is 0.853. The first-order valence-electron chi connectivity index (χ1n) is 11.7. The van der Waals surface area contributed by atoms with Crippen LogP contribution in [0.2, 0.25) is 0 Å². The molecule has 3 aromatic carbocycles. The topological polar surface area (TPSA) is 76.7 Å². The van der Waals surface area contributed by atoms with Gasteiger partial charge in [0.25, 0.3) is 0 Å². The summed E-state index contributed by atoms with van der Waals surface area (Å²) < 4.78 is 12.3. The van der Waals surface area contributed by atoms with Crippen LogP contribution in [0.4, 0.5) is 0 Å². The largest absolute Gasteiger partial charge is 0.508 e. The Kier molecular flexibility index (Phi) is 4.55. The average Bonchev–Trinajstić information content (AvgIpc) is 2.82. The van der Waals surface area contributed by atoms with Crippen LogP contribution in [0.1, 0.15) is 43.4 Å². The number of rotatable bonds is 2. The molecule has 1 N–H and O–H groups in total. The van der Waals surface area contributed by atoms with Gasteiger partial charge in [-0.05, 0) is 40.8 Å². The van der Waals surface area contributed by atoms with E-state index < -0.39 is 11.0 Å². The Morgan fingerprint density at radius 2 is 1.54 bits per heavy atom. The lowest BCUT2D eigenvalue weighted by Gasteiger charge is -2.45. The van der Waals surface area contributed by atoms with E-state index in [2.05, 4.69) is 0 Å². The van der Waals surface area contributed by atoms with Gasteiger partial charge in [0.15, 0.2) is 5.78 Å². The summed E-state index contributed by atoms with van der Waals surface area (Å²) in [6.45, 7) is 4.09. The summed E-state index contributed by atoms with van der Waals surface area (Å²) in [4.78, 5) is 27.7. The highest BCUT2D eigenvalue weighted by molar-refractivity contribution is 6.03. The van der Waals surface area contributed by atoms with Crippen LogP contribution >= 0.6 is 0 Å². The van der Waals surface area contributed by atoms with Gasteiger partial charge in [0.2, 0.25) is 0 Å². The highest BCUT2D eigenvalue weighted by atomic mass is 16.5. The first-order chi connectivity index (χ1) is 16.8. The summed E-state index contributed by atoms with van der Waals surface area (Å²) in [5.41, 5.74) is 0.262. The number of Topliss-reactive ketones (excluding diaryl/α,β-unsaturated/α-hetero) is 1. The van der Waals surface area contributed by atoms with Gasteiger partial charge < -0.3 is 14.3 Å². The lowest BCUT2D eigenvalue weighted by Crippen LogP contribution is -2.46. The van der Waals surface area contributed by atoms with E-state index in [9.17, 15) is 14.7 Å². The van der Waals surface area contributed by atoms with Crippen molar-refractivity contribution in [3.63, 3.8) is 0 Å². The van der Waals surface area contributed by atoms with E-state index in [-0.39, 0.29) is 22.5 Å². The van der Waals surface area contributed by atoms with Crippen molar-refractivity contribution in [1.29, 1.82) is 0 Å². The van der Waals surface area contributed by atoms with E-state index in [4.69, 9.17) is 9.15 Å². The third kappa shape index (κ3) is 3.08. The van der Waals surface area contributed by atoms with Gasteiger partial charge in [-0.2, -0.15) is 0 Å². The molecule has 1 aliphatic heterocycles. The van der Waals surface area contributed by atoms with E-state index in [0.29, 0.717) is 46.5 Å². The van der Waals surface area contributed by atoms with Gasteiger partial charge in [0.1, 0.15) is 28.4 Å². The molecular weight excluding hydrogens is 440 g/mol. The minimum Gasteiger partial charge on any atom is -0.508 e. The molecule has 2 heterocycles. The lowest BCUT2D eigenvalue weighted by atomic mass is 9.59. The molecule has 0 saturated carbocycles. The third-order valence-corrected chi connectivity index (χ3v) is 7.06. The smallest absolute Gasteiger partial charge is 0.344 e. The van der Waals surface area contributed by atoms with Crippen LogP contribution in [-0.4, -0.2) is 10.9 Å². The lowest BCUT2D eigenvalue weighted by molar-refractivity contribution is -0.119. The average molecular weight is 465 g/mol. The minimum atomic E-state index is -1.30. The minimum absolute atomic E-state index is 0.0433. The molecule has 2 aliphatic rings. The van der Waals surface area contributed by atoms with E-state index in [0.717, 1.165) is 5.56 Å². The normalized spacial score (nSPS) is 20.8. The number of fused-ring (bicyclic) bond motifs is 3. The Balaban J connectivity index is 1.86. The number of phenolic OH excluding ortho intramolecular Hbond substituents is 1. The maximum atomic E-state index is 13.9. The summed E-state index contributed by atoms with van der Waals surface area (Å²) in [5, 5.41) is 11.2. The second-order valence-corrected chi connectivity index (χ2v) is 10.1. The molecular formula is C30H24O5. The van der Waals surface area contributed by atoms with Crippen molar-refractivity contribution >= 4 is 16.8 Å². The number of benzene rings is 3.